The van der Waals surface area contributed by atoms with Gasteiger partial charge in [-0.1, -0.05) is 24.3 Å². The zero-order valence-corrected chi connectivity index (χ0v) is 11.3. The fraction of sp³-hybridized carbons (Fsp3) is 0.0714. The summed E-state index contributed by atoms with van der Waals surface area (Å²) in [5.74, 6) is -0.669. The Bertz CT molecular complexity index is 706. The molecule has 0 atom stereocenters. The highest BCUT2D eigenvalue weighted by Gasteiger charge is 2.37. The van der Waals surface area contributed by atoms with Crippen LogP contribution in [0.4, 0.5) is 5.69 Å². The van der Waals surface area contributed by atoms with Gasteiger partial charge in [0, 0.05) is 12.1 Å². The van der Waals surface area contributed by atoms with Crippen LogP contribution in [0.15, 0.2) is 46.8 Å². The Morgan fingerprint density at radius 3 is 2.75 bits per heavy atom. The van der Waals surface area contributed by atoms with Crippen LogP contribution in [0.5, 0.6) is 0 Å². The quantitative estimate of drug-likeness (QED) is 0.660. The standard InChI is InChI=1S/C14H11N3O2S/c1-2-7-17-9-6-4-3-5-8(9)10(13(17)19)11-12(18)16-14(15)20-11/h2-6H,1,7H2,(H2,15,16,18). The number of rotatable bonds is 2. The number of hydrogen-bond acceptors (Lipinski definition) is 4. The number of thioether (sulfide) groups is 1. The Morgan fingerprint density at radius 1 is 1.35 bits per heavy atom. The second-order valence-corrected chi connectivity index (χ2v) is 5.31. The van der Waals surface area contributed by atoms with Crippen molar-refractivity contribution in [3.05, 3.63) is 47.4 Å². The molecular weight excluding hydrogens is 274 g/mol. The number of amidine groups is 1. The van der Waals surface area contributed by atoms with Gasteiger partial charge in [-0.15, -0.1) is 6.58 Å². The molecule has 0 radical (unpaired) electrons. The van der Waals surface area contributed by atoms with Crippen LogP contribution in [0.1, 0.15) is 5.56 Å². The van der Waals surface area contributed by atoms with E-state index in [9.17, 15) is 9.59 Å². The fourth-order valence-electron chi connectivity index (χ4n) is 2.29. The molecule has 0 saturated carbocycles. The highest BCUT2D eigenvalue weighted by molar-refractivity contribution is 8.18. The Hall–Kier alpha value is -2.34. The molecule has 2 amide bonds. The van der Waals surface area contributed by atoms with Gasteiger partial charge in [0.2, 0.25) is 0 Å². The van der Waals surface area contributed by atoms with Crippen LogP contribution in [0.25, 0.3) is 5.57 Å². The van der Waals surface area contributed by atoms with Gasteiger partial charge in [0.15, 0.2) is 5.17 Å². The van der Waals surface area contributed by atoms with E-state index in [0.29, 0.717) is 17.0 Å². The second kappa shape index (κ2) is 4.64. The van der Waals surface area contributed by atoms with E-state index in [1.165, 1.54) is 0 Å². The number of benzene rings is 1. The molecule has 100 valence electrons. The average molecular weight is 285 g/mol. The van der Waals surface area contributed by atoms with E-state index in [0.717, 1.165) is 23.0 Å². The van der Waals surface area contributed by atoms with Crippen molar-refractivity contribution >= 4 is 40.0 Å². The summed E-state index contributed by atoms with van der Waals surface area (Å²) < 4.78 is 0. The van der Waals surface area contributed by atoms with Gasteiger partial charge in [0.25, 0.3) is 11.8 Å². The van der Waals surface area contributed by atoms with Crippen LogP contribution < -0.4 is 10.6 Å². The van der Waals surface area contributed by atoms with Crippen LogP contribution in [-0.2, 0) is 9.59 Å². The van der Waals surface area contributed by atoms with Crippen molar-refractivity contribution in [2.24, 2.45) is 10.7 Å². The summed E-state index contributed by atoms with van der Waals surface area (Å²) in [6.07, 6.45) is 1.65. The molecule has 0 saturated heterocycles. The summed E-state index contributed by atoms with van der Waals surface area (Å²) in [5.41, 5.74) is 7.45. The molecule has 5 nitrogen and oxygen atoms in total. The lowest BCUT2D eigenvalue weighted by Crippen LogP contribution is -2.26. The molecule has 0 fully saturated rings. The molecule has 3 rings (SSSR count). The van der Waals surface area contributed by atoms with Gasteiger partial charge in [-0.25, -0.2) is 0 Å². The van der Waals surface area contributed by atoms with Crippen molar-refractivity contribution in [1.82, 2.24) is 0 Å². The molecule has 1 aromatic rings. The number of nitrogens with two attached hydrogens (primary N) is 1. The van der Waals surface area contributed by atoms with E-state index in [-0.39, 0.29) is 11.1 Å². The third kappa shape index (κ3) is 1.77. The number of nitrogens with zero attached hydrogens (tertiary/aromatic N) is 2. The molecule has 0 aromatic heterocycles. The van der Waals surface area contributed by atoms with E-state index in [1.54, 1.807) is 11.0 Å². The third-order valence-corrected chi connectivity index (χ3v) is 3.96. The van der Waals surface area contributed by atoms with Gasteiger partial charge in [0.1, 0.15) is 0 Å². The normalized spacial score (nSPS) is 21.2. The van der Waals surface area contributed by atoms with Crippen LogP contribution >= 0.6 is 11.8 Å². The van der Waals surface area contributed by atoms with Gasteiger partial charge in [-0.2, -0.15) is 4.99 Å². The summed E-state index contributed by atoms with van der Waals surface area (Å²) in [6, 6.07) is 7.35. The number of carbonyl (C=O) groups is 2. The Kier molecular flexibility index (Phi) is 2.94. The van der Waals surface area contributed by atoms with Crippen molar-refractivity contribution in [3.8, 4) is 0 Å². The van der Waals surface area contributed by atoms with Gasteiger partial charge >= 0.3 is 0 Å². The summed E-state index contributed by atoms with van der Waals surface area (Å²) in [7, 11) is 0. The predicted molar refractivity (Wildman–Crippen MR) is 80.1 cm³/mol. The maximum absolute atomic E-state index is 12.6. The summed E-state index contributed by atoms with van der Waals surface area (Å²) in [6.45, 7) is 4.05. The number of anilines is 1. The summed E-state index contributed by atoms with van der Waals surface area (Å²) >= 11 is 1.04. The van der Waals surface area contributed by atoms with Crippen LogP contribution in [0.3, 0.4) is 0 Å². The summed E-state index contributed by atoms with van der Waals surface area (Å²) in [5, 5.41) is 0.171. The van der Waals surface area contributed by atoms with E-state index in [1.807, 2.05) is 24.3 Å². The largest absolute Gasteiger partial charge is 0.378 e. The van der Waals surface area contributed by atoms with Gasteiger partial charge in [0.05, 0.1) is 16.2 Å². The predicted octanol–water partition coefficient (Wildman–Crippen LogP) is 1.52. The van der Waals surface area contributed by atoms with E-state index < -0.39 is 5.91 Å². The maximum Gasteiger partial charge on any atom is 0.287 e. The van der Waals surface area contributed by atoms with Gasteiger partial charge in [-0.3, -0.25) is 9.59 Å². The fourth-order valence-corrected chi connectivity index (χ4v) is 3.06. The van der Waals surface area contributed by atoms with E-state index in [4.69, 9.17) is 5.73 Å². The number of hydrogen-bond donors (Lipinski definition) is 1. The monoisotopic (exact) mass is 285 g/mol. The lowest BCUT2D eigenvalue weighted by atomic mass is 10.1. The number of fused-ring (bicyclic) bond motifs is 1. The molecule has 20 heavy (non-hydrogen) atoms. The third-order valence-electron chi connectivity index (χ3n) is 3.07. The van der Waals surface area contributed by atoms with Crippen LogP contribution in [-0.4, -0.2) is 23.5 Å². The highest BCUT2D eigenvalue weighted by Crippen LogP contribution is 2.42. The number of carbonyl (C=O) groups excluding carboxylic acids is 2. The van der Waals surface area contributed by atoms with Gasteiger partial charge < -0.3 is 10.6 Å². The maximum atomic E-state index is 12.6. The van der Waals surface area contributed by atoms with Crippen LogP contribution in [0, 0.1) is 0 Å². The number of para-hydroxylation sites is 1. The molecule has 2 aliphatic rings. The molecule has 0 unspecified atom stereocenters. The first-order valence-electron chi connectivity index (χ1n) is 5.96. The number of amides is 2. The average Bonchev–Trinajstić information content (AvgIpc) is 2.88. The van der Waals surface area contributed by atoms with Crippen molar-refractivity contribution in [2.75, 3.05) is 11.4 Å². The second-order valence-electron chi connectivity index (χ2n) is 4.28. The Morgan fingerprint density at radius 2 is 2.10 bits per heavy atom. The topological polar surface area (TPSA) is 75.8 Å². The van der Waals surface area contributed by atoms with E-state index >= 15 is 0 Å². The minimum Gasteiger partial charge on any atom is -0.378 e. The Balaban J connectivity index is 2.19. The molecule has 2 heterocycles. The lowest BCUT2D eigenvalue weighted by molar-refractivity contribution is -0.115. The van der Waals surface area contributed by atoms with Crippen molar-refractivity contribution in [2.45, 2.75) is 0 Å². The SMILES string of the molecule is C=CCN1C(=O)C(=C2SC(N)=NC2=O)c2ccccc21. The molecule has 1 aromatic carbocycles. The first kappa shape index (κ1) is 12.7. The van der Waals surface area contributed by atoms with Crippen molar-refractivity contribution in [1.29, 1.82) is 0 Å². The molecule has 0 bridgehead atoms. The van der Waals surface area contributed by atoms with Crippen molar-refractivity contribution in [3.63, 3.8) is 0 Å². The summed E-state index contributed by atoms with van der Waals surface area (Å²) in [4.78, 5) is 30.0. The molecule has 2 aliphatic heterocycles. The highest BCUT2D eigenvalue weighted by atomic mass is 32.2. The minimum absolute atomic E-state index is 0.171. The Labute approximate surface area is 119 Å². The molecule has 0 spiro atoms. The molecule has 2 N–H and O–H groups in total. The first-order chi connectivity index (χ1) is 9.63. The molecular formula is C14H11N3O2S. The zero-order chi connectivity index (χ0) is 14.3. The molecule has 6 heteroatoms. The number of aliphatic imine (C=N–C) groups is 1. The zero-order valence-electron chi connectivity index (χ0n) is 10.5. The van der Waals surface area contributed by atoms with E-state index in [2.05, 4.69) is 11.6 Å². The first-order valence-corrected chi connectivity index (χ1v) is 6.78. The van der Waals surface area contributed by atoms with Crippen molar-refractivity contribution < 1.29 is 9.59 Å². The smallest absolute Gasteiger partial charge is 0.287 e. The molecule has 0 aliphatic carbocycles. The van der Waals surface area contributed by atoms with Gasteiger partial charge in [-0.05, 0) is 17.8 Å². The lowest BCUT2D eigenvalue weighted by Gasteiger charge is -2.13. The van der Waals surface area contributed by atoms with Crippen LogP contribution in [0.2, 0.25) is 0 Å². The minimum atomic E-state index is -0.453.